The van der Waals surface area contributed by atoms with E-state index >= 15 is 0 Å². The average molecular weight is 361 g/mol. The lowest BCUT2D eigenvalue weighted by Gasteiger charge is -2.26. The van der Waals surface area contributed by atoms with Gasteiger partial charge in [-0.05, 0) is 56.0 Å². The highest BCUT2D eigenvalue weighted by atomic mass is 32.2. The van der Waals surface area contributed by atoms with Crippen molar-refractivity contribution in [1.82, 2.24) is 0 Å². The Bertz CT molecular complexity index is 892. The Morgan fingerprint density at radius 1 is 1.12 bits per heavy atom. The van der Waals surface area contributed by atoms with Gasteiger partial charge in [0.25, 0.3) is 10.0 Å². The van der Waals surface area contributed by atoms with Crippen LogP contribution in [0.3, 0.4) is 0 Å². The smallest absolute Gasteiger partial charge is 0.264 e. The summed E-state index contributed by atoms with van der Waals surface area (Å²) < 4.78 is 33.5. The van der Waals surface area contributed by atoms with Gasteiger partial charge in [0.1, 0.15) is 5.75 Å². The van der Waals surface area contributed by atoms with Crippen molar-refractivity contribution >= 4 is 15.7 Å². The molecule has 0 radical (unpaired) electrons. The summed E-state index contributed by atoms with van der Waals surface area (Å²) in [5, 5.41) is 10.3. The number of ether oxygens (including phenoxy) is 1. The summed E-state index contributed by atoms with van der Waals surface area (Å²) in [6.07, 6.45) is 0.502. The molecule has 0 unspecified atom stereocenters. The highest BCUT2D eigenvalue weighted by Gasteiger charge is 2.32. The molecule has 1 N–H and O–H groups in total. The molecule has 1 aliphatic rings. The number of methoxy groups -OCH3 is 1. The summed E-state index contributed by atoms with van der Waals surface area (Å²) in [5.41, 5.74) is 2.71. The van der Waals surface area contributed by atoms with E-state index < -0.39 is 16.1 Å². The van der Waals surface area contributed by atoms with Crippen LogP contribution in [0.4, 0.5) is 5.69 Å². The number of aliphatic hydroxyl groups is 1. The summed E-state index contributed by atoms with van der Waals surface area (Å²) in [7, 11) is -2.16. The minimum absolute atomic E-state index is 0.275. The van der Waals surface area contributed by atoms with Crippen LogP contribution in [-0.2, 0) is 10.0 Å². The van der Waals surface area contributed by atoms with Crippen LogP contribution < -0.4 is 9.04 Å². The molecule has 25 heavy (non-hydrogen) atoms. The largest absolute Gasteiger partial charge is 0.496 e. The lowest BCUT2D eigenvalue weighted by Crippen LogP contribution is -2.32. The number of fused-ring (bicyclic) bond motifs is 1. The maximum atomic E-state index is 13.4. The summed E-state index contributed by atoms with van der Waals surface area (Å²) >= 11 is 0. The third kappa shape index (κ3) is 3.00. The van der Waals surface area contributed by atoms with Gasteiger partial charge in [0.15, 0.2) is 0 Å². The molecule has 2 aromatic rings. The molecule has 0 aromatic heterocycles. The molecule has 0 fully saturated rings. The number of anilines is 1. The van der Waals surface area contributed by atoms with Crippen LogP contribution >= 0.6 is 0 Å². The molecular formula is C19H23NO4S. The van der Waals surface area contributed by atoms with E-state index in [1.165, 1.54) is 4.31 Å². The van der Waals surface area contributed by atoms with Gasteiger partial charge in [0.05, 0.1) is 23.8 Å². The number of hydrogen-bond donors (Lipinski definition) is 1. The fourth-order valence-corrected chi connectivity index (χ4v) is 5.15. The van der Waals surface area contributed by atoms with E-state index in [0.29, 0.717) is 42.0 Å². The zero-order valence-electron chi connectivity index (χ0n) is 14.7. The summed E-state index contributed by atoms with van der Waals surface area (Å²) in [6, 6.07) is 10.5. The highest BCUT2D eigenvalue weighted by molar-refractivity contribution is 7.92. The van der Waals surface area contributed by atoms with E-state index in [-0.39, 0.29) is 4.90 Å². The molecule has 1 atom stereocenters. The Morgan fingerprint density at radius 2 is 1.84 bits per heavy atom. The molecule has 1 heterocycles. The number of aliphatic hydroxyl groups excluding tert-OH is 1. The van der Waals surface area contributed by atoms with Crippen molar-refractivity contribution in [3.05, 3.63) is 53.1 Å². The molecule has 3 rings (SSSR count). The van der Waals surface area contributed by atoms with Crippen LogP contribution in [0.15, 0.2) is 41.3 Å². The van der Waals surface area contributed by atoms with Crippen molar-refractivity contribution in [3.8, 4) is 5.75 Å². The molecule has 0 saturated carbocycles. The van der Waals surface area contributed by atoms with Crippen molar-refractivity contribution in [2.75, 3.05) is 18.0 Å². The predicted octanol–water partition coefficient (Wildman–Crippen LogP) is 3.33. The Hall–Kier alpha value is -2.05. The number of benzene rings is 2. The van der Waals surface area contributed by atoms with Crippen LogP contribution in [0, 0.1) is 13.8 Å². The van der Waals surface area contributed by atoms with Crippen molar-refractivity contribution in [1.29, 1.82) is 0 Å². The second kappa shape index (κ2) is 6.69. The molecular weight excluding hydrogens is 338 g/mol. The fraction of sp³-hybridized carbons (Fsp3) is 0.368. The van der Waals surface area contributed by atoms with Crippen molar-refractivity contribution in [2.24, 2.45) is 0 Å². The van der Waals surface area contributed by atoms with Crippen molar-refractivity contribution in [3.63, 3.8) is 0 Å². The number of para-hydroxylation sites is 1. The lowest BCUT2D eigenvalue weighted by atomic mass is 10.1. The number of hydrogen-bond acceptors (Lipinski definition) is 4. The monoisotopic (exact) mass is 361 g/mol. The zero-order valence-corrected chi connectivity index (χ0v) is 15.5. The van der Waals surface area contributed by atoms with Gasteiger partial charge in [-0.1, -0.05) is 18.2 Å². The van der Waals surface area contributed by atoms with E-state index in [1.54, 1.807) is 44.4 Å². The summed E-state index contributed by atoms with van der Waals surface area (Å²) in [6.45, 7) is 4.00. The van der Waals surface area contributed by atoms with Gasteiger partial charge in [0.2, 0.25) is 0 Å². The Labute approximate surface area is 148 Å². The molecule has 0 amide bonds. The average Bonchev–Trinajstić information content (AvgIpc) is 2.77. The van der Waals surface area contributed by atoms with Crippen LogP contribution in [0.1, 0.15) is 35.6 Å². The SMILES string of the molecule is COc1ccc(S(=O)(=O)N2CCC[C@@H](O)c3ccccc32)c(C)c1C. The topological polar surface area (TPSA) is 66.8 Å². The maximum Gasteiger partial charge on any atom is 0.264 e. The van der Waals surface area contributed by atoms with Gasteiger partial charge in [-0.25, -0.2) is 8.42 Å². The minimum Gasteiger partial charge on any atom is -0.496 e. The van der Waals surface area contributed by atoms with Gasteiger partial charge in [-0.15, -0.1) is 0 Å². The molecule has 2 aromatic carbocycles. The quantitative estimate of drug-likeness (QED) is 0.910. The number of nitrogens with zero attached hydrogens (tertiary/aromatic N) is 1. The van der Waals surface area contributed by atoms with Gasteiger partial charge >= 0.3 is 0 Å². The predicted molar refractivity (Wildman–Crippen MR) is 97.6 cm³/mol. The van der Waals surface area contributed by atoms with Gasteiger partial charge in [0, 0.05) is 12.1 Å². The molecule has 6 heteroatoms. The standard InChI is InChI=1S/C19H23NO4S/c1-13-14(2)19(11-10-18(13)24-3)25(22,23)20-12-6-9-17(21)15-7-4-5-8-16(15)20/h4-5,7-8,10-11,17,21H,6,9,12H2,1-3H3/t17-/m1/s1. The van der Waals surface area contributed by atoms with Crippen molar-refractivity contribution < 1.29 is 18.3 Å². The molecule has 0 bridgehead atoms. The second-order valence-corrected chi connectivity index (χ2v) is 8.14. The van der Waals surface area contributed by atoms with Crippen LogP contribution in [0.2, 0.25) is 0 Å². The first-order chi connectivity index (χ1) is 11.9. The molecule has 5 nitrogen and oxygen atoms in total. The third-order valence-corrected chi connectivity index (χ3v) is 6.84. The first-order valence-corrected chi connectivity index (χ1v) is 9.76. The van der Waals surface area contributed by atoms with Crippen LogP contribution in [0.25, 0.3) is 0 Å². The molecule has 0 aliphatic carbocycles. The zero-order chi connectivity index (χ0) is 18.2. The van der Waals surface area contributed by atoms with Gasteiger partial charge < -0.3 is 9.84 Å². The Kier molecular flexibility index (Phi) is 4.75. The van der Waals surface area contributed by atoms with Gasteiger partial charge in [-0.2, -0.15) is 0 Å². The van der Waals surface area contributed by atoms with Crippen LogP contribution in [-0.4, -0.2) is 27.2 Å². The Balaban J connectivity index is 2.15. The Morgan fingerprint density at radius 3 is 2.56 bits per heavy atom. The van der Waals surface area contributed by atoms with E-state index in [2.05, 4.69) is 0 Å². The van der Waals surface area contributed by atoms with E-state index in [1.807, 2.05) is 13.0 Å². The second-order valence-electron chi connectivity index (χ2n) is 6.31. The molecule has 0 saturated heterocycles. The minimum atomic E-state index is -3.73. The molecule has 134 valence electrons. The first-order valence-electron chi connectivity index (χ1n) is 8.32. The highest BCUT2D eigenvalue weighted by Crippen LogP contribution is 2.37. The summed E-state index contributed by atoms with van der Waals surface area (Å²) in [5.74, 6) is 0.670. The van der Waals surface area contributed by atoms with E-state index in [4.69, 9.17) is 4.74 Å². The fourth-order valence-electron chi connectivity index (χ4n) is 3.34. The first kappa shape index (κ1) is 17.8. The molecule has 1 aliphatic heterocycles. The summed E-state index contributed by atoms with van der Waals surface area (Å²) in [4.78, 5) is 0.275. The third-order valence-electron chi connectivity index (χ3n) is 4.88. The molecule has 0 spiro atoms. The van der Waals surface area contributed by atoms with E-state index in [0.717, 1.165) is 5.56 Å². The normalized spacial score (nSPS) is 17.8. The number of sulfonamides is 1. The van der Waals surface area contributed by atoms with E-state index in [9.17, 15) is 13.5 Å². The van der Waals surface area contributed by atoms with Crippen molar-refractivity contribution in [2.45, 2.75) is 37.7 Å². The number of rotatable bonds is 3. The lowest BCUT2D eigenvalue weighted by molar-refractivity contribution is 0.168. The van der Waals surface area contributed by atoms with Crippen LogP contribution in [0.5, 0.6) is 5.75 Å². The maximum absolute atomic E-state index is 13.4. The van der Waals surface area contributed by atoms with Gasteiger partial charge in [-0.3, -0.25) is 4.31 Å².